The maximum absolute atomic E-state index is 11.8. The summed E-state index contributed by atoms with van der Waals surface area (Å²) in [4.78, 5) is 11.8. The van der Waals surface area contributed by atoms with E-state index in [0.29, 0.717) is 0 Å². The summed E-state index contributed by atoms with van der Waals surface area (Å²) >= 11 is 0. The third kappa shape index (κ3) is 1.14. The summed E-state index contributed by atoms with van der Waals surface area (Å²) in [6.45, 7) is 0. The molecule has 1 aliphatic heterocycles. The van der Waals surface area contributed by atoms with Gasteiger partial charge in [-0.25, -0.2) is 0 Å². The molecule has 2 heteroatoms. The zero-order valence-electron chi connectivity index (χ0n) is 9.39. The highest BCUT2D eigenvalue weighted by Crippen LogP contribution is 2.61. The summed E-state index contributed by atoms with van der Waals surface area (Å²) in [7, 11) is 0. The molecule has 0 radical (unpaired) electrons. The van der Waals surface area contributed by atoms with E-state index in [9.17, 15) is 4.79 Å². The molecular formula is C13H20O2. The fourth-order valence-electron chi connectivity index (χ4n) is 4.03. The summed E-state index contributed by atoms with van der Waals surface area (Å²) in [5.74, 6) is 0.127. The molecule has 0 amide bonds. The normalized spacial score (nSPS) is 32.4. The zero-order valence-corrected chi connectivity index (χ0v) is 9.39. The Hall–Kier alpha value is -0.530. The van der Waals surface area contributed by atoms with Crippen molar-refractivity contribution >= 4 is 5.97 Å². The minimum Gasteiger partial charge on any atom is -0.457 e. The first-order valence-corrected chi connectivity index (χ1v) is 6.53. The topological polar surface area (TPSA) is 26.3 Å². The minimum atomic E-state index is -0.0304. The van der Waals surface area contributed by atoms with Crippen LogP contribution in [0.25, 0.3) is 0 Å². The third-order valence-electron chi connectivity index (χ3n) is 4.92. The van der Waals surface area contributed by atoms with Gasteiger partial charge in [-0.05, 0) is 38.5 Å². The van der Waals surface area contributed by atoms with E-state index in [1.54, 1.807) is 0 Å². The first-order chi connectivity index (χ1) is 7.29. The van der Waals surface area contributed by atoms with Crippen molar-refractivity contribution < 1.29 is 9.53 Å². The van der Waals surface area contributed by atoms with E-state index >= 15 is 0 Å². The maximum Gasteiger partial charge on any atom is 0.316 e. The molecule has 1 heterocycles. The van der Waals surface area contributed by atoms with Crippen molar-refractivity contribution in [1.82, 2.24) is 0 Å². The van der Waals surface area contributed by atoms with Gasteiger partial charge in [0.05, 0.1) is 0 Å². The lowest BCUT2D eigenvalue weighted by atomic mass is 9.62. The van der Waals surface area contributed by atoms with Crippen LogP contribution in [0.4, 0.5) is 0 Å². The lowest BCUT2D eigenvalue weighted by Gasteiger charge is -2.55. The Morgan fingerprint density at radius 1 is 0.800 bits per heavy atom. The van der Waals surface area contributed by atoms with E-state index < -0.39 is 0 Å². The van der Waals surface area contributed by atoms with Crippen LogP contribution < -0.4 is 0 Å². The smallest absolute Gasteiger partial charge is 0.316 e. The predicted molar refractivity (Wildman–Crippen MR) is 57.4 cm³/mol. The van der Waals surface area contributed by atoms with Crippen molar-refractivity contribution in [2.45, 2.75) is 69.8 Å². The molecule has 84 valence electrons. The first-order valence-electron chi connectivity index (χ1n) is 6.53. The lowest BCUT2D eigenvalue weighted by molar-refractivity contribution is -0.246. The Labute approximate surface area is 91.4 Å². The number of rotatable bonds is 0. The minimum absolute atomic E-state index is 0.0168. The highest BCUT2D eigenvalue weighted by molar-refractivity contribution is 5.85. The average molecular weight is 208 g/mol. The van der Waals surface area contributed by atoms with Crippen LogP contribution in [0.1, 0.15) is 64.2 Å². The third-order valence-corrected chi connectivity index (χ3v) is 4.92. The molecule has 0 N–H and O–H groups in total. The van der Waals surface area contributed by atoms with E-state index in [2.05, 4.69) is 0 Å². The fourth-order valence-corrected chi connectivity index (χ4v) is 4.03. The van der Waals surface area contributed by atoms with Gasteiger partial charge in [-0.1, -0.05) is 25.7 Å². The Balaban J connectivity index is 1.87. The number of hydrogen-bond donors (Lipinski definition) is 0. The SMILES string of the molecule is O=C1OC2(CCCCCC2)C12CCCC2. The van der Waals surface area contributed by atoms with Gasteiger partial charge in [-0.15, -0.1) is 0 Å². The van der Waals surface area contributed by atoms with Gasteiger partial charge in [-0.3, -0.25) is 4.79 Å². The summed E-state index contributed by atoms with van der Waals surface area (Å²) in [5.41, 5.74) is -0.0472. The largest absolute Gasteiger partial charge is 0.457 e. The molecule has 2 nitrogen and oxygen atoms in total. The molecule has 2 spiro atoms. The van der Waals surface area contributed by atoms with Crippen molar-refractivity contribution in [2.75, 3.05) is 0 Å². The Kier molecular flexibility index (Phi) is 2.08. The number of hydrogen-bond acceptors (Lipinski definition) is 2. The van der Waals surface area contributed by atoms with Crippen LogP contribution in [0.2, 0.25) is 0 Å². The molecule has 1 saturated heterocycles. The van der Waals surface area contributed by atoms with E-state index in [4.69, 9.17) is 4.74 Å². The summed E-state index contributed by atoms with van der Waals surface area (Å²) in [6.07, 6.45) is 12.1. The molecule has 0 bridgehead atoms. The number of esters is 1. The van der Waals surface area contributed by atoms with Gasteiger partial charge in [0.15, 0.2) is 0 Å². The zero-order chi connectivity index (χ0) is 10.4. The molecular weight excluding hydrogens is 188 g/mol. The van der Waals surface area contributed by atoms with Crippen molar-refractivity contribution in [1.29, 1.82) is 0 Å². The van der Waals surface area contributed by atoms with Crippen LogP contribution in [-0.4, -0.2) is 11.6 Å². The summed E-state index contributed by atoms with van der Waals surface area (Å²) in [5, 5.41) is 0. The number of carbonyl (C=O) groups is 1. The van der Waals surface area contributed by atoms with Crippen LogP contribution >= 0.6 is 0 Å². The van der Waals surface area contributed by atoms with Crippen molar-refractivity contribution in [3.05, 3.63) is 0 Å². The number of fused-ring (bicyclic) bond motifs is 1. The maximum atomic E-state index is 11.8. The molecule has 3 fully saturated rings. The molecule has 0 unspecified atom stereocenters. The molecule has 2 aliphatic carbocycles. The molecule has 0 aromatic heterocycles. The molecule has 0 aromatic carbocycles. The molecule has 0 atom stereocenters. The van der Waals surface area contributed by atoms with Crippen LogP contribution in [0.15, 0.2) is 0 Å². The predicted octanol–water partition coefficient (Wildman–Crippen LogP) is 3.20. The van der Waals surface area contributed by atoms with Gasteiger partial charge < -0.3 is 4.74 Å². The highest BCUT2D eigenvalue weighted by Gasteiger charge is 2.68. The Morgan fingerprint density at radius 3 is 1.87 bits per heavy atom. The lowest BCUT2D eigenvalue weighted by Crippen LogP contribution is -2.65. The van der Waals surface area contributed by atoms with Crippen LogP contribution in [0.3, 0.4) is 0 Å². The van der Waals surface area contributed by atoms with E-state index in [-0.39, 0.29) is 17.0 Å². The quantitative estimate of drug-likeness (QED) is 0.571. The van der Waals surface area contributed by atoms with Gasteiger partial charge in [0.2, 0.25) is 0 Å². The van der Waals surface area contributed by atoms with Crippen molar-refractivity contribution in [3.63, 3.8) is 0 Å². The number of carbonyl (C=O) groups excluding carboxylic acids is 1. The summed E-state index contributed by atoms with van der Waals surface area (Å²) in [6, 6.07) is 0. The molecule has 0 aromatic rings. The Bertz CT molecular complexity index is 268. The van der Waals surface area contributed by atoms with Crippen molar-refractivity contribution in [2.24, 2.45) is 5.41 Å². The molecule has 2 saturated carbocycles. The highest BCUT2D eigenvalue weighted by atomic mass is 16.6. The van der Waals surface area contributed by atoms with Crippen molar-refractivity contribution in [3.8, 4) is 0 Å². The summed E-state index contributed by atoms with van der Waals surface area (Å²) < 4.78 is 5.65. The molecule has 15 heavy (non-hydrogen) atoms. The van der Waals surface area contributed by atoms with Gasteiger partial charge in [-0.2, -0.15) is 0 Å². The van der Waals surface area contributed by atoms with Crippen LogP contribution in [0.5, 0.6) is 0 Å². The second-order valence-corrected chi connectivity index (χ2v) is 5.59. The monoisotopic (exact) mass is 208 g/mol. The second kappa shape index (κ2) is 3.23. The van der Waals surface area contributed by atoms with Crippen LogP contribution in [-0.2, 0) is 9.53 Å². The Morgan fingerprint density at radius 2 is 1.33 bits per heavy atom. The van der Waals surface area contributed by atoms with E-state index in [1.807, 2.05) is 0 Å². The average Bonchev–Trinajstić information content (AvgIpc) is 2.64. The molecule has 3 aliphatic rings. The number of ether oxygens (including phenoxy) is 1. The first kappa shape index (κ1) is 9.68. The van der Waals surface area contributed by atoms with Gasteiger partial charge in [0.25, 0.3) is 0 Å². The van der Waals surface area contributed by atoms with Crippen LogP contribution in [0, 0.1) is 5.41 Å². The second-order valence-electron chi connectivity index (χ2n) is 5.59. The molecule has 3 rings (SSSR count). The van der Waals surface area contributed by atoms with Gasteiger partial charge in [0, 0.05) is 0 Å². The van der Waals surface area contributed by atoms with E-state index in [1.165, 1.54) is 38.5 Å². The standard InChI is InChI=1S/C13H20O2/c14-11-12(7-5-6-8-12)13(15-11)9-3-1-2-4-10-13/h1-10H2. The van der Waals surface area contributed by atoms with Gasteiger partial charge >= 0.3 is 5.97 Å². The fraction of sp³-hybridized carbons (Fsp3) is 0.923. The van der Waals surface area contributed by atoms with E-state index in [0.717, 1.165) is 25.7 Å². The van der Waals surface area contributed by atoms with Gasteiger partial charge in [0.1, 0.15) is 11.0 Å².